The molecule has 3 unspecified atom stereocenters. The molecule has 43 heavy (non-hydrogen) atoms. The quantitative estimate of drug-likeness (QED) is 0.185. The Morgan fingerprint density at radius 1 is 1.09 bits per heavy atom. The number of nitrogens with two attached hydrogens (primary N) is 3. The van der Waals surface area contributed by atoms with Crippen LogP contribution in [0.25, 0.3) is 10.1 Å². The molecule has 2 aliphatic rings. The first kappa shape index (κ1) is 28.6. The van der Waals surface area contributed by atoms with Crippen LogP contribution in [-0.4, -0.2) is 41.6 Å². The lowest BCUT2D eigenvalue weighted by atomic mass is 9.71. The van der Waals surface area contributed by atoms with Gasteiger partial charge in [-0.05, 0) is 60.4 Å². The smallest absolute Gasteiger partial charge is 0.262 e. The Balaban J connectivity index is 1.31. The highest BCUT2D eigenvalue weighted by molar-refractivity contribution is 7.21. The largest absolute Gasteiger partial charge is 0.457 e. The van der Waals surface area contributed by atoms with Crippen LogP contribution in [0.5, 0.6) is 11.5 Å². The Morgan fingerprint density at radius 3 is 2.53 bits per heavy atom. The minimum atomic E-state index is -1.43. The first-order chi connectivity index (χ1) is 20.7. The third-order valence-corrected chi connectivity index (χ3v) is 9.51. The van der Waals surface area contributed by atoms with Crippen molar-refractivity contribution < 1.29 is 19.1 Å². The molecular formula is C33H33N5O4S. The van der Waals surface area contributed by atoms with Crippen LogP contribution in [0, 0.1) is 0 Å². The molecule has 1 aliphatic heterocycles. The number of anilines is 1. The molecule has 0 radical (unpaired) electrons. The molecule has 1 saturated heterocycles. The second kappa shape index (κ2) is 11.3. The Labute approximate surface area is 253 Å². The van der Waals surface area contributed by atoms with Crippen molar-refractivity contribution in [2.24, 2.45) is 11.5 Å². The van der Waals surface area contributed by atoms with Crippen molar-refractivity contribution in [2.45, 2.75) is 36.9 Å². The van der Waals surface area contributed by atoms with E-state index in [0.717, 1.165) is 24.2 Å². The SMILES string of the molecule is C=CC(=O)N1CCCC(NC(=O)c2sc3c(N)ccc4c3c2C(N)C(=O)C4(N)Cc2ccc(Oc3ccccc3)cc2)C1. The highest BCUT2D eigenvalue weighted by Gasteiger charge is 2.47. The average molecular weight is 596 g/mol. The van der Waals surface area contributed by atoms with Crippen molar-refractivity contribution in [3.05, 3.63) is 101 Å². The summed E-state index contributed by atoms with van der Waals surface area (Å²) in [6, 6.07) is 19.0. The highest BCUT2D eigenvalue weighted by Crippen LogP contribution is 2.48. The summed E-state index contributed by atoms with van der Waals surface area (Å²) in [5.74, 6) is 0.496. The van der Waals surface area contributed by atoms with Gasteiger partial charge in [-0.1, -0.05) is 43.0 Å². The van der Waals surface area contributed by atoms with Crippen LogP contribution in [0.2, 0.25) is 0 Å². The number of amides is 2. The molecular weight excluding hydrogens is 562 g/mol. The van der Waals surface area contributed by atoms with E-state index in [0.29, 0.717) is 50.6 Å². The predicted octanol–water partition coefficient (Wildman–Crippen LogP) is 4.16. The fraction of sp³-hybridized carbons (Fsp3) is 0.242. The van der Waals surface area contributed by atoms with E-state index in [-0.39, 0.29) is 30.1 Å². The summed E-state index contributed by atoms with van der Waals surface area (Å²) >= 11 is 1.22. The van der Waals surface area contributed by atoms with Crippen molar-refractivity contribution in [3.8, 4) is 11.5 Å². The van der Waals surface area contributed by atoms with E-state index in [1.807, 2.05) is 54.6 Å². The van der Waals surface area contributed by atoms with Gasteiger partial charge in [0.15, 0.2) is 5.78 Å². The van der Waals surface area contributed by atoms with E-state index < -0.39 is 11.6 Å². The van der Waals surface area contributed by atoms with Gasteiger partial charge >= 0.3 is 0 Å². The number of nitrogens with one attached hydrogen (secondary N) is 1. The zero-order valence-corrected chi connectivity index (χ0v) is 24.4. The number of Topliss-reactive ketones (excluding diaryl/α,β-unsaturated/α-hetero) is 1. The van der Waals surface area contributed by atoms with Gasteiger partial charge in [0.25, 0.3) is 5.91 Å². The standard InChI is InChI=1S/C33H33N5O4S/c1-2-25(39)38-16-6-7-20(18-38)37-32(41)30-27-26-23(14-15-24(34)29(26)43-30)33(36,31(40)28(27)35)17-19-10-12-22(13-11-19)42-21-8-4-3-5-9-21/h2-5,8-15,20,28H,1,6-7,16-18,34-36H2,(H,37,41). The van der Waals surface area contributed by atoms with Gasteiger partial charge in [0.1, 0.15) is 17.0 Å². The summed E-state index contributed by atoms with van der Waals surface area (Å²) in [7, 11) is 0. The highest BCUT2D eigenvalue weighted by atomic mass is 32.1. The minimum absolute atomic E-state index is 0.168. The zero-order valence-electron chi connectivity index (χ0n) is 23.5. The Bertz CT molecular complexity index is 1740. The molecule has 220 valence electrons. The van der Waals surface area contributed by atoms with Crippen molar-refractivity contribution in [1.29, 1.82) is 0 Å². The summed E-state index contributed by atoms with van der Waals surface area (Å²) in [5, 5.41) is 3.72. The zero-order chi connectivity index (χ0) is 30.3. The maximum atomic E-state index is 14.0. The summed E-state index contributed by atoms with van der Waals surface area (Å²) in [4.78, 5) is 41.8. The Hall–Kier alpha value is -4.51. The number of likely N-dealkylation sites (tertiary alicyclic amines) is 1. The molecule has 10 heteroatoms. The molecule has 2 amide bonds. The van der Waals surface area contributed by atoms with Crippen LogP contribution in [0.3, 0.4) is 0 Å². The number of hydrogen-bond donors (Lipinski definition) is 4. The lowest BCUT2D eigenvalue weighted by Gasteiger charge is -2.36. The average Bonchev–Trinajstić information content (AvgIpc) is 3.43. The molecule has 1 aromatic heterocycles. The number of carbonyl (C=O) groups excluding carboxylic acids is 3. The molecule has 0 saturated carbocycles. The molecule has 2 heterocycles. The van der Waals surface area contributed by atoms with E-state index in [1.165, 1.54) is 17.4 Å². The van der Waals surface area contributed by atoms with Gasteiger partial charge in [-0.15, -0.1) is 11.3 Å². The third-order valence-electron chi connectivity index (χ3n) is 8.25. The van der Waals surface area contributed by atoms with Crippen LogP contribution < -0.4 is 27.3 Å². The van der Waals surface area contributed by atoms with Crippen molar-refractivity contribution in [3.63, 3.8) is 0 Å². The van der Waals surface area contributed by atoms with Gasteiger partial charge in [-0.2, -0.15) is 0 Å². The second-order valence-electron chi connectivity index (χ2n) is 11.1. The topological polar surface area (TPSA) is 154 Å². The van der Waals surface area contributed by atoms with E-state index >= 15 is 0 Å². The van der Waals surface area contributed by atoms with E-state index in [2.05, 4.69) is 11.9 Å². The maximum absolute atomic E-state index is 14.0. The Morgan fingerprint density at radius 2 is 1.81 bits per heavy atom. The fourth-order valence-electron chi connectivity index (χ4n) is 6.10. The molecule has 7 N–H and O–H groups in total. The number of nitrogen functional groups attached to an aromatic ring is 1. The predicted molar refractivity (Wildman–Crippen MR) is 168 cm³/mol. The number of ether oxygens (including phenoxy) is 1. The molecule has 1 aliphatic carbocycles. The number of rotatable bonds is 7. The third kappa shape index (κ3) is 5.18. The molecule has 3 aromatic carbocycles. The summed E-state index contributed by atoms with van der Waals surface area (Å²) < 4.78 is 6.58. The number of benzene rings is 3. The lowest BCUT2D eigenvalue weighted by Crippen LogP contribution is -2.53. The number of piperidine rings is 1. The van der Waals surface area contributed by atoms with Crippen LogP contribution in [0.4, 0.5) is 5.69 Å². The number of para-hydroxylation sites is 1. The summed E-state index contributed by atoms with van der Waals surface area (Å²) in [5.41, 5.74) is 20.9. The van der Waals surface area contributed by atoms with Crippen LogP contribution in [-0.2, 0) is 21.5 Å². The first-order valence-corrected chi connectivity index (χ1v) is 15.0. The van der Waals surface area contributed by atoms with Gasteiger partial charge in [0.05, 0.1) is 15.6 Å². The first-order valence-electron chi connectivity index (χ1n) is 14.2. The van der Waals surface area contributed by atoms with Crippen molar-refractivity contribution in [1.82, 2.24) is 10.2 Å². The van der Waals surface area contributed by atoms with Gasteiger partial charge in [-0.3, -0.25) is 14.4 Å². The second-order valence-corrected chi connectivity index (χ2v) is 12.1. The van der Waals surface area contributed by atoms with Gasteiger partial charge in [0, 0.05) is 42.2 Å². The molecule has 0 bridgehead atoms. The van der Waals surface area contributed by atoms with Crippen molar-refractivity contribution in [2.75, 3.05) is 18.8 Å². The number of hydrogen-bond acceptors (Lipinski definition) is 8. The normalized spacial score (nSPS) is 21.4. The van der Waals surface area contributed by atoms with E-state index in [9.17, 15) is 14.4 Å². The molecule has 1 fully saturated rings. The number of carbonyl (C=O) groups is 3. The molecule has 9 nitrogen and oxygen atoms in total. The molecule has 4 aromatic rings. The number of nitrogens with zero attached hydrogens (tertiary/aromatic N) is 1. The minimum Gasteiger partial charge on any atom is -0.457 e. The van der Waals surface area contributed by atoms with Gasteiger partial charge < -0.3 is 32.2 Å². The van der Waals surface area contributed by atoms with Crippen LogP contribution in [0.1, 0.15) is 45.2 Å². The number of ketones is 1. The monoisotopic (exact) mass is 595 g/mol. The van der Waals surface area contributed by atoms with E-state index in [4.69, 9.17) is 21.9 Å². The molecule has 0 spiro atoms. The van der Waals surface area contributed by atoms with E-state index in [1.54, 1.807) is 17.0 Å². The van der Waals surface area contributed by atoms with Crippen molar-refractivity contribution >= 4 is 44.7 Å². The Kier molecular flexibility index (Phi) is 7.51. The van der Waals surface area contributed by atoms with Crippen LogP contribution in [0.15, 0.2) is 79.4 Å². The lowest BCUT2D eigenvalue weighted by molar-refractivity contribution is -0.127. The van der Waals surface area contributed by atoms with Gasteiger partial charge in [0.2, 0.25) is 5.91 Å². The fourth-order valence-corrected chi connectivity index (χ4v) is 7.31. The number of thiophene rings is 1. The molecule has 3 atom stereocenters. The summed E-state index contributed by atoms with van der Waals surface area (Å²) in [6.07, 6.45) is 2.97. The summed E-state index contributed by atoms with van der Waals surface area (Å²) in [6.45, 7) is 4.56. The van der Waals surface area contributed by atoms with Crippen LogP contribution >= 0.6 is 11.3 Å². The molecule has 6 rings (SSSR count). The maximum Gasteiger partial charge on any atom is 0.262 e. The van der Waals surface area contributed by atoms with Gasteiger partial charge in [-0.25, -0.2) is 0 Å².